The Morgan fingerprint density at radius 1 is 1.27 bits per heavy atom. The topological polar surface area (TPSA) is 87.6 Å². The molecule has 0 unspecified atom stereocenters. The van der Waals surface area contributed by atoms with Crippen LogP contribution in [0.3, 0.4) is 0 Å². The lowest BCUT2D eigenvalue weighted by atomic mass is 9.96. The molecule has 3 rings (SSSR count). The van der Waals surface area contributed by atoms with Crippen molar-refractivity contribution in [2.75, 3.05) is 31.1 Å². The molecular formula is C19H20ClF3N4O3. The molecule has 1 amide bonds. The highest BCUT2D eigenvalue weighted by Gasteiger charge is 2.32. The summed E-state index contributed by atoms with van der Waals surface area (Å²) < 4.78 is 41.1. The van der Waals surface area contributed by atoms with Crippen LogP contribution in [0.2, 0.25) is 5.02 Å². The first-order chi connectivity index (χ1) is 14.3. The number of rotatable bonds is 6. The minimum Gasteiger partial charge on any atom is -0.404 e. The lowest BCUT2D eigenvalue weighted by Gasteiger charge is -2.32. The normalized spacial score (nSPS) is 15.2. The molecule has 2 aromatic rings. The number of nitrogens with one attached hydrogen (secondary N) is 1. The number of carbonyl (C=O) groups excluding carboxylic acids is 1. The van der Waals surface area contributed by atoms with Crippen molar-refractivity contribution in [2.24, 2.45) is 5.92 Å². The summed E-state index contributed by atoms with van der Waals surface area (Å²) in [6, 6.07) is 5.66. The Hall–Kier alpha value is -2.59. The van der Waals surface area contributed by atoms with Gasteiger partial charge in [0.05, 0.1) is 17.3 Å². The van der Waals surface area contributed by atoms with Gasteiger partial charge in [-0.05, 0) is 31.0 Å². The largest absolute Gasteiger partial charge is 0.573 e. The molecule has 0 radical (unpaired) electrons. The molecule has 1 saturated heterocycles. The molecule has 30 heavy (non-hydrogen) atoms. The number of carbonyl (C=O) groups is 1. The van der Waals surface area contributed by atoms with Crippen molar-refractivity contribution in [3.63, 3.8) is 0 Å². The van der Waals surface area contributed by atoms with Crippen molar-refractivity contribution >= 4 is 23.3 Å². The van der Waals surface area contributed by atoms with Gasteiger partial charge in [-0.2, -0.15) is 0 Å². The third kappa shape index (κ3) is 5.73. The fraction of sp³-hybridized carbons (Fsp3) is 0.421. The fourth-order valence-electron chi connectivity index (χ4n) is 3.24. The van der Waals surface area contributed by atoms with Gasteiger partial charge in [0.1, 0.15) is 17.9 Å². The molecular weight excluding hydrogens is 425 g/mol. The van der Waals surface area contributed by atoms with Crippen molar-refractivity contribution < 1.29 is 27.8 Å². The van der Waals surface area contributed by atoms with E-state index in [0.717, 1.165) is 6.07 Å². The summed E-state index contributed by atoms with van der Waals surface area (Å²) in [4.78, 5) is 22.5. The predicted molar refractivity (Wildman–Crippen MR) is 104 cm³/mol. The van der Waals surface area contributed by atoms with E-state index in [9.17, 15) is 18.0 Å². The summed E-state index contributed by atoms with van der Waals surface area (Å²) in [5, 5.41) is 11.3. The minimum atomic E-state index is -4.83. The second kappa shape index (κ2) is 9.48. The molecule has 162 valence electrons. The van der Waals surface area contributed by atoms with Crippen LogP contribution < -0.4 is 15.0 Å². The van der Waals surface area contributed by atoms with Gasteiger partial charge in [-0.15, -0.1) is 13.2 Å². The van der Waals surface area contributed by atoms with Crippen LogP contribution in [0.4, 0.5) is 19.0 Å². The number of aromatic nitrogens is 2. The molecule has 2 N–H and O–H groups in total. The highest BCUT2D eigenvalue weighted by molar-refractivity contribution is 6.32. The molecule has 0 atom stereocenters. The van der Waals surface area contributed by atoms with Crippen LogP contribution in [0, 0.1) is 5.92 Å². The van der Waals surface area contributed by atoms with E-state index in [2.05, 4.69) is 20.0 Å². The maximum Gasteiger partial charge on any atom is 0.573 e. The minimum absolute atomic E-state index is 0.0668. The molecule has 0 bridgehead atoms. The first kappa shape index (κ1) is 22.1. The lowest BCUT2D eigenvalue weighted by Crippen LogP contribution is -2.41. The Morgan fingerprint density at radius 3 is 2.63 bits per heavy atom. The molecule has 1 aromatic carbocycles. The molecule has 1 aliphatic heterocycles. The predicted octanol–water partition coefficient (Wildman–Crippen LogP) is 3.02. The maximum absolute atomic E-state index is 12.4. The maximum atomic E-state index is 12.4. The molecule has 2 heterocycles. The average Bonchev–Trinajstić information content (AvgIpc) is 2.73. The van der Waals surface area contributed by atoms with E-state index < -0.39 is 12.1 Å². The van der Waals surface area contributed by atoms with E-state index in [1.807, 2.05) is 4.90 Å². The van der Waals surface area contributed by atoms with E-state index in [1.54, 1.807) is 6.07 Å². The number of anilines is 1. The van der Waals surface area contributed by atoms with Crippen molar-refractivity contribution in [1.29, 1.82) is 0 Å². The van der Waals surface area contributed by atoms with Gasteiger partial charge in [0.2, 0.25) is 5.91 Å². The van der Waals surface area contributed by atoms with E-state index in [4.69, 9.17) is 16.7 Å². The first-order valence-electron chi connectivity index (χ1n) is 9.28. The van der Waals surface area contributed by atoms with Crippen molar-refractivity contribution in [2.45, 2.75) is 19.2 Å². The van der Waals surface area contributed by atoms with E-state index in [0.29, 0.717) is 43.0 Å². The van der Waals surface area contributed by atoms with Crippen LogP contribution in [-0.4, -0.2) is 53.6 Å². The van der Waals surface area contributed by atoms with Crippen molar-refractivity contribution in [3.8, 4) is 17.0 Å². The molecule has 7 nitrogen and oxygen atoms in total. The van der Waals surface area contributed by atoms with Crippen LogP contribution in [0.25, 0.3) is 11.3 Å². The Bertz CT molecular complexity index is 890. The Balaban J connectivity index is 1.68. The molecule has 0 aliphatic carbocycles. The van der Waals surface area contributed by atoms with E-state index in [-0.39, 0.29) is 30.0 Å². The zero-order valence-electron chi connectivity index (χ0n) is 15.8. The van der Waals surface area contributed by atoms with E-state index >= 15 is 0 Å². The smallest absolute Gasteiger partial charge is 0.404 e. The Kier molecular flexibility index (Phi) is 6.99. The van der Waals surface area contributed by atoms with Gasteiger partial charge in [0.25, 0.3) is 0 Å². The SMILES string of the molecule is O=C(NCCO)C1CCN(c2cc(-c3ccc(OC(F)(F)F)c(Cl)c3)ncn2)CC1. The van der Waals surface area contributed by atoms with Crippen LogP contribution in [0.15, 0.2) is 30.6 Å². The molecule has 0 spiro atoms. The van der Waals surface area contributed by atoms with Gasteiger partial charge >= 0.3 is 6.36 Å². The highest BCUT2D eigenvalue weighted by Crippen LogP contribution is 2.34. The van der Waals surface area contributed by atoms with Gasteiger partial charge in [-0.1, -0.05) is 11.6 Å². The van der Waals surface area contributed by atoms with Gasteiger partial charge < -0.3 is 20.1 Å². The Labute approximate surface area is 175 Å². The molecule has 1 aliphatic rings. The number of aliphatic hydroxyl groups is 1. The standard InChI is InChI=1S/C19H20ClF3N4O3/c20-14-9-13(1-2-16(14)30-19(21,22)23)15-10-17(26-11-25-15)27-6-3-12(4-7-27)18(29)24-5-8-28/h1-2,9-12,28H,3-8H2,(H,24,29). The summed E-state index contributed by atoms with van der Waals surface area (Å²) >= 11 is 5.92. The zero-order valence-corrected chi connectivity index (χ0v) is 16.6. The fourth-order valence-corrected chi connectivity index (χ4v) is 3.46. The summed E-state index contributed by atoms with van der Waals surface area (Å²) in [5.74, 6) is -0.0123. The number of benzene rings is 1. The third-order valence-corrected chi connectivity index (χ3v) is 5.00. The zero-order chi connectivity index (χ0) is 21.7. The monoisotopic (exact) mass is 444 g/mol. The van der Waals surface area contributed by atoms with Crippen LogP contribution in [0.1, 0.15) is 12.8 Å². The van der Waals surface area contributed by atoms with Gasteiger partial charge in [0.15, 0.2) is 0 Å². The van der Waals surface area contributed by atoms with Crippen molar-refractivity contribution in [3.05, 3.63) is 35.6 Å². The first-order valence-corrected chi connectivity index (χ1v) is 9.66. The highest BCUT2D eigenvalue weighted by atomic mass is 35.5. The second-order valence-corrected chi connectivity index (χ2v) is 7.14. The molecule has 1 fully saturated rings. The third-order valence-electron chi connectivity index (χ3n) is 4.71. The number of aliphatic hydroxyl groups excluding tert-OH is 1. The van der Waals surface area contributed by atoms with Crippen molar-refractivity contribution in [1.82, 2.24) is 15.3 Å². The summed E-state index contributed by atoms with van der Waals surface area (Å²) in [6.45, 7) is 1.38. The number of hydrogen-bond donors (Lipinski definition) is 2. The van der Waals surface area contributed by atoms with Gasteiger partial charge in [-0.3, -0.25) is 4.79 Å². The number of hydrogen-bond acceptors (Lipinski definition) is 6. The van der Waals surface area contributed by atoms with E-state index in [1.165, 1.54) is 18.5 Å². The number of halogens is 4. The molecule has 1 aromatic heterocycles. The number of piperidine rings is 1. The van der Waals surface area contributed by atoms with Crippen LogP contribution in [-0.2, 0) is 4.79 Å². The second-order valence-electron chi connectivity index (χ2n) is 6.73. The quantitative estimate of drug-likeness (QED) is 0.712. The number of amides is 1. The van der Waals surface area contributed by atoms with Gasteiger partial charge in [-0.25, -0.2) is 9.97 Å². The number of nitrogens with zero attached hydrogens (tertiary/aromatic N) is 3. The summed E-state index contributed by atoms with van der Waals surface area (Å²) in [5.41, 5.74) is 1.03. The number of ether oxygens (including phenoxy) is 1. The van der Waals surface area contributed by atoms with Crippen LogP contribution in [0.5, 0.6) is 5.75 Å². The molecule has 0 saturated carbocycles. The summed E-state index contributed by atoms with van der Waals surface area (Å²) in [7, 11) is 0. The molecule has 11 heteroatoms. The average molecular weight is 445 g/mol. The lowest BCUT2D eigenvalue weighted by molar-refractivity contribution is -0.274. The Morgan fingerprint density at radius 2 is 2.00 bits per heavy atom. The number of alkyl halides is 3. The van der Waals surface area contributed by atoms with Crippen LogP contribution >= 0.6 is 11.6 Å². The van der Waals surface area contributed by atoms with Gasteiger partial charge in [0, 0.05) is 37.2 Å². The summed E-state index contributed by atoms with van der Waals surface area (Å²) in [6.07, 6.45) is -2.16.